The van der Waals surface area contributed by atoms with Gasteiger partial charge in [-0.25, -0.2) is 9.48 Å². The molecule has 2 amide bonds. The first-order valence-electron chi connectivity index (χ1n) is 8.50. The summed E-state index contributed by atoms with van der Waals surface area (Å²) in [5.41, 5.74) is 1.63. The summed E-state index contributed by atoms with van der Waals surface area (Å²) in [6.45, 7) is 1.22. The van der Waals surface area contributed by atoms with E-state index in [4.69, 9.17) is 4.74 Å². The van der Waals surface area contributed by atoms with E-state index in [1.165, 1.54) is 0 Å². The molecule has 1 aliphatic heterocycles. The molecule has 1 aliphatic rings. The van der Waals surface area contributed by atoms with Crippen LogP contribution in [0.4, 0.5) is 10.5 Å². The summed E-state index contributed by atoms with van der Waals surface area (Å²) in [7, 11) is 0. The van der Waals surface area contributed by atoms with Gasteiger partial charge in [-0.05, 0) is 36.4 Å². The van der Waals surface area contributed by atoms with Crippen LogP contribution < -0.4 is 10.1 Å². The number of nitrogens with one attached hydrogen (secondary N) is 1. The minimum atomic E-state index is -0.125. The van der Waals surface area contributed by atoms with Crippen LogP contribution in [-0.4, -0.2) is 44.9 Å². The van der Waals surface area contributed by atoms with Gasteiger partial charge in [0.2, 0.25) is 0 Å². The molecule has 0 aliphatic carbocycles. The number of benzene rings is 1. The maximum Gasteiger partial charge on any atom is 0.321 e. The monoisotopic (exact) mass is 349 g/mol. The average molecular weight is 349 g/mol. The lowest BCUT2D eigenvalue weighted by Crippen LogP contribution is -2.34. The Labute approximate surface area is 151 Å². The van der Waals surface area contributed by atoms with Gasteiger partial charge in [0.05, 0.1) is 18.4 Å². The molecule has 1 aromatic carbocycles. The Morgan fingerprint density at radius 2 is 2.15 bits per heavy atom. The average Bonchev–Trinajstić information content (AvgIpc) is 3.35. The van der Waals surface area contributed by atoms with Crippen molar-refractivity contribution in [3.8, 4) is 11.4 Å². The Kier molecular flexibility index (Phi) is 4.51. The van der Waals surface area contributed by atoms with Crippen LogP contribution in [0.15, 0.2) is 67.3 Å². The second-order valence-corrected chi connectivity index (χ2v) is 6.09. The third-order valence-electron chi connectivity index (χ3n) is 4.24. The number of carbonyl (C=O) groups is 1. The van der Waals surface area contributed by atoms with Crippen LogP contribution in [0.2, 0.25) is 0 Å². The zero-order valence-electron chi connectivity index (χ0n) is 14.2. The molecular weight excluding hydrogens is 330 g/mol. The van der Waals surface area contributed by atoms with Gasteiger partial charge in [0.15, 0.2) is 0 Å². The number of rotatable bonds is 4. The Morgan fingerprint density at radius 3 is 2.96 bits per heavy atom. The van der Waals surface area contributed by atoms with Crippen LogP contribution in [0.3, 0.4) is 0 Å². The van der Waals surface area contributed by atoms with Crippen LogP contribution in [-0.2, 0) is 0 Å². The molecule has 3 heterocycles. The molecule has 7 nitrogen and oxygen atoms in total. The topological polar surface area (TPSA) is 72.3 Å². The summed E-state index contributed by atoms with van der Waals surface area (Å²) < 4.78 is 7.63. The van der Waals surface area contributed by atoms with Gasteiger partial charge in [-0.2, -0.15) is 5.10 Å². The third-order valence-corrected chi connectivity index (χ3v) is 4.24. The van der Waals surface area contributed by atoms with Gasteiger partial charge in [0.1, 0.15) is 11.9 Å². The van der Waals surface area contributed by atoms with Crippen LogP contribution in [0.1, 0.15) is 6.42 Å². The number of nitrogens with zero attached hydrogens (tertiary/aromatic N) is 4. The highest BCUT2D eigenvalue weighted by molar-refractivity contribution is 5.89. The van der Waals surface area contributed by atoms with Gasteiger partial charge < -0.3 is 15.0 Å². The lowest BCUT2D eigenvalue weighted by molar-refractivity contribution is 0.194. The number of amides is 2. The van der Waals surface area contributed by atoms with Crippen molar-refractivity contribution in [3.05, 3.63) is 67.3 Å². The molecule has 7 heteroatoms. The van der Waals surface area contributed by atoms with Crippen molar-refractivity contribution in [1.29, 1.82) is 0 Å². The molecule has 2 aromatic heterocycles. The molecule has 1 saturated heterocycles. The molecule has 1 fully saturated rings. The van der Waals surface area contributed by atoms with Gasteiger partial charge in [-0.15, -0.1) is 0 Å². The molecule has 3 aromatic rings. The Bertz CT molecular complexity index is 867. The number of hydrogen-bond donors (Lipinski definition) is 1. The summed E-state index contributed by atoms with van der Waals surface area (Å²) in [6, 6.07) is 13.0. The number of pyridine rings is 1. The Morgan fingerprint density at radius 1 is 1.19 bits per heavy atom. The molecule has 132 valence electrons. The second-order valence-electron chi connectivity index (χ2n) is 6.09. The summed E-state index contributed by atoms with van der Waals surface area (Å²) in [4.78, 5) is 18.3. The molecule has 26 heavy (non-hydrogen) atoms. The lowest BCUT2D eigenvalue weighted by atomic mass is 10.3. The van der Waals surface area contributed by atoms with E-state index in [2.05, 4.69) is 15.4 Å². The standard InChI is InChI=1S/C19H19N5O2/c25-19(22-15-4-1-5-16(12-15)24-10-3-9-21-24)23-11-7-18(14-23)26-17-6-2-8-20-13-17/h1-6,8-10,12-13,18H,7,11,14H2,(H,22,25)/t18-/m0/s1. The van der Waals surface area contributed by atoms with Crippen LogP contribution >= 0.6 is 0 Å². The van der Waals surface area contributed by atoms with E-state index in [9.17, 15) is 4.79 Å². The Balaban J connectivity index is 1.36. The van der Waals surface area contributed by atoms with Gasteiger partial charge in [0, 0.05) is 37.2 Å². The van der Waals surface area contributed by atoms with E-state index in [1.54, 1.807) is 28.2 Å². The van der Waals surface area contributed by atoms with Crippen molar-refractivity contribution in [2.24, 2.45) is 0 Å². The summed E-state index contributed by atoms with van der Waals surface area (Å²) in [5, 5.41) is 7.15. The molecule has 0 unspecified atom stereocenters. The van der Waals surface area contributed by atoms with Gasteiger partial charge in [-0.1, -0.05) is 6.07 Å². The molecule has 0 radical (unpaired) electrons. The van der Waals surface area contributed by atoms with Crippen molar-refractivity contribution in [2.45, 2.75) is 12.5 Å². The van der Waals surface area contributed by atoms with Crippen LogP contribution in [0.5, 0.6) is 5.75 Å². The van der Waals surface area contributed by atoms with Crippen LogP contribution in [0.25, 0.3) is 5.69 Å². The van der Waals surface area contributed by atoms with Crippen molar-refractivity contribution < 1.29 is 9.53 Å². The fourth-order valence-electron chi connectivity index (χ4n) is 2.97. The highest BCUT2D eigenvalue weighted by Gasteiger charge is 2.27. The number of ether oxygens (including phenoxy) is 1. The normalized spacial score (nSPS) is 16.5. The predicted octanol–water partition coefficient (Wildman–Crippen LogP) is 2.95. The van der Waals surface area contributed by atoms with Crippen molar-refractivity contribution >= 4 is 11.7 Å². The van der Waals surface area contributed by atoms with Gasteiger partial charge in [0.25, 0.3) is 0 Å². The zero-order valence-corrected chi connectivity index (χ0v) is 14.2. The largest absolute Gasteiger partial charge is 0.487 e. The van der Waals surface area contributed by atoms with E-state index in [-0.39, 0.29) is 12.1 Å². The van der Waals surface area contributed by atoms with E-state index in [1.807, 2.05) is 48.7 Å². The number of carbonyl (C=O) groups excluding carboxylic acids is 1. The van der Waals surface area contributed by atoms with Gasteiger partial charge in [-0.3, -0.25) is 4.98 Å². The number of urea groups is 1. The molecule has 0 bridgehead atoms. The minimum absolute atomic E-state index is 0.0136. The first-order valence-corrected chi connectivity index (χ1v) is 8.50. The number of hydrogen-bond acceptors (Lipinski definition) is 4. The van der Waals surface area contributed by atoms with E-state index in [0.717, 1.165) is 23.5 Å². The lowest BCUT2D eigenvalue weighted by Gasteiger charge is -2.18. The van der Waals surface area contributed by atoms with Crippen molar-refractivity contribution in [2.75, 3.05) is 18.4 Å². The van der Waals surface area contributed by atoms with Crippen molar-refractivity contribution in [1.82, 2.24) is 19.7 Å². The first kappa shape index (κ1) is 16.1. The SMILES string of the molecule is O=C(Nc1cccc(-n2cccn2)c1)N1CC[C@H](Oc2cccnc2)C1. The maximum atomic E-state index is 12.5. The summed E-state index contributed by atoms with van der Waals surface area (Å²) in [5.74, 6) is 0.728. The fraction of sp³-hybridized carbons (Fsp3) is 0.211. The third kappa shape index (κ3) is 3.66. The predicted molar refractivity (Wildman–Crippen MR) is 97.4 cm³/mol. The zero-order chi connectivity index (χ0) is 17.8. The number of anilines is 1. The molecule has 4 rings (SSSR count). The molecular formula is C19H19N5O2. The fourth-order valence-corrected chi connectivity index (χ4v) is 2.97. The van der Waals surface area contributed by atoms with E-state index >= 15 is 0 Å². The number of likely N-dealkylation sites (tertiary alicyclic amines) is 1. The first-order chi connectivity index (χ1) is 12.8. The quantitative estimate of drug-likeness (QED) is 0.786. The molecule has 1 N–H and O–H groups in total. The van der Waals surface area contributed by atoms with Gasteiger partial charge >= 0.3 is 6.03 Å². The van der Waals surface area contributed by atoms with Crippen molar-refractivity contribution in [3.63, 3.8) is 0 Å². The highest BCUT2D eigenvalue weighted by Crippen LogP contribution is 2.19. The summed E-state index contributed by atoms with van der Waals surface area (Å²) >= 11 is 0. The highest BCUT2D eigenvalue weighted by atomic mass is 16.5. The maximum absolute atomic E-state index is 12.5. The number of aromatic nitrogens is 3. The second kappa shape index (κ2) is 7.26. The summed E-state index contributed by atoms with van der Waals surface area (Å²) in [6.07, 6.45) is 7.76. The Hall–Kier alpha value is -3.35. The molecule has 1 atom stereocenters. The van der Waals surface area contributed by atoms with E-state index in [0.29, 0.717) is 13.1 Å². The molecule has 0 saturated carbocycles. The molecule has 0 spiro atoms. The van der Waals surface area contributed by atoms with Crippen LogP contribution in [0, 0.1) is 0 Å². The van der Waals surface area contributed by atoms with E-state index < -0.39 is 0 Å². The smallest absolute Gasteiger partial charge is 0.321 e. The minimum Gasteiger partial charge on any atom is -0.487 e.